The highest BCUT2D eigenvalue weighted by atomic mass is 35.5. The number of halogens is 4. The molecule has 1 heterocycles. The molecule has 2 rings (SSSR count). The summed E-state index contributed by atoms with van der Waals surface area (Å²) in [5.74, 6) is -0.399. The molecule has 0 radical (unpaired) electrons. The molecule has 0 saturated carbocycles. The number of carbonyl (C=O) groups excluding carboxylic acids is 1. The summed E-state index contributed by atoms with van der Waals surface area (Å²) in [6, 6.07) is 4.55. The summed E-state index contributed by atoms with van der Waals surface area (Å²) in [4.78, 5) is 17.8. The molecule has 1 N–H and O–H groups in total. The van der Waals surface area contributed by atoms with Crippen molar-refractivity contribution in [1.82, 2.24) is 9.71 Å². The maximum atomic E-state index is 13.2. The van der Waals surface area contributed by atoms with Gasteiger partial charge >= 0.3 is 22.6 Å². The number of hydrogen-bond donors (Lipinski definition) is 1. The summed E-state index contributed by atoms with van der Waals surface area (Å²) in [6.45, 7) is 5.44. The monoisotopic (exact) mass is 597 g/mol. The Bertz CT molecular complexity index is 1220. The Balaban J connectivity index is 2.52. The number of rotatable bonds is 14. The van der Waals surface area contributed by atoms with Crippen molar-refractivity contribution in [2.75, 3.05) is 31.8 Å². The first kappa shape index (κ1) is 32.4. The van der Waals surface area contributed by atoms with Crippen LogP contribution in [0.4, 0.5) is 23.7 Å². The maximum absolute atomic E-state index is 13.2. The lowest BCUT2D eigenvalue weighted by molar-refractivity contribution is -0.137. The molecule has 2 aromatic rings. The van der Waals surface area contributed by atoms with Gasteiger partial charge in [-0.15, -0.1) is 0 Å². The van der Waals surface area contributed by atoms with E-state index in [2.05, 4.69) is 9.71 Å². The van der Waals surface area contributed by atoms with Crippen molar-refractivity contribution < 1.29 is 44.8 Å². The second-order valence-electron chi connectivity index (χ2n) is 8.32. The van der Waals surface area contributed by atoms with Gasteiger partial charge in [0.05, 0.1) is 12.2 Å². The largest absolute Gasteiger partial charge is 0.489 e. The normalized spacial score (nSPS) is 12.6. The van der Waals surface area contributed by atoms with Crippen LogP contribution in [0.5, 0.6) is 17.4 Å². The van der Waals surface area contributed by atoms with E-state index < -0.39 is 39.2 Å². The van der Waals surface area contributed by atoms with Crippen LogP contribution in [0.15, 0.2) is 30.5 Å². The number of aromatic nitrogens is 1. The third kappa shape index (κ3) is 9.71. The summed E-state index contributed by atoms with van der Waals surface area (Å²) in [5, 5.41) is -0.442. The molecule has 15 heteroatoms. The number of anilines is 1. The van der Waals surface area contributed by atoms with Crippen LogP contribution in [0, 0.1) is 0 Å². The van der Waals surface area contributed by atoms with Crippen molar-refractivity contribution in [3.63, 3.8) is 0 Å². The lowest BCUT2D eigenvalue weighted by atomic mass is 10.2. The number of amides is 1. The number of nitrogens with one attached hydrogen (secondary N) is 1. The van der Waals surface area contributed by atoms with Crippen LogP contribution in [0.25, 0.3) is 0 Å². The molecule has 0 saturated heterocycles. The Morgan fingerprint density at radius 1 is 1.18 bits per heavy atom. The van der Waals surface area contributed by atoms with Gasteiger partial charge in [-0.3, -0.25) is 4.90 Å². The highest BCUT2D eigenvalue weighted by Gasteiger charge is 2.33. The molecular formula is C24H31ClF3N3O7S. The molecule has 0 fully saturated rings. The van der Waals surface area contributed by atoms with Crippen molar-refractivity contribution >= 4 is 33.7 Å². The number of para-hydroxylation sites is 1. The predicted octanol–water partition coefficient (Wildman–Crippen LogP) is 5.95. The van der Waals surface area contributed by atoms with Gasteiger partial charge in [-0.25, -0.2) is 9.78 Å². The van der Waals surface area contributed by atoms with E-state index in [1.807, 2.05) is 6.92 Å². The summed E-state index contributed by atoms with van der Waals surface area (Å²) in [5.41, 5.74) is -1.13. The van der Waals surface area contributed by atoms with Crippen LogP contribution < -0.4 is 19.1 Å². The molecule has 0 bridgehead atoms. The molecule has 0 spiro atoms. The topological polar surface area (TPSA) is 116 Å². The Kier molecular flexibility index (Phi) is 12.1. The van der Waals surface area contributed by atoms with Crippen LogP contribution in [0.2, 0.25) is 5.02 Å². The Hall–Kier alpha value is -2.81. The first-order valence-electron chi connectivity index (χ1n) is 12.0. The first-order chi connectivity index (χ1) is 18.3. The van der Waals surface area contributed by atoms with E-state index in [9.17, 15) is 26.4 Å². The maximum Gasteiger partial charge on any atom is 0.431 e. The molecule has 1 amide bonds. The highest BCUT2D eigenvalue weighted by Crippen LogP contribution is 2.42. The Morgan fingerprint density at radius 2 is 1.87 bits per heavy atom. The van der Waals surface area contributed by atoms with Crippen molar-refractivity contribution in [3.8, 4) is 17.4 Å². The molecule has 0 aliphatic rings. The third-order valence-corrected chi connectivity index (χ3v) is 6.36. The van der Waals surface area contributed by atoms with Gasteiger partial charge in [-0.05, 0) is 38.0 Å². The lowest BCUT2D eigenvalue weighted by Gasteiger charge is -2.26. The van der Waals surface area contributed by atoms with Crippen LogP contribution in [-0.4, -0.2) is 52.4 Å². The standard InChI is InChI=1S/C24H31ClF3N3O7S/c1-5-8-16(3)30-39(33,34)38-23(32)31(11-6-2)21-19(36-13-12-35-4)9-7-10-20(21)37-22-18(25)14-17(15-29-22)24(26,27)28/h7,9-10,14-16,30H,5-6,8,11-13H2,1-4H3. The van der Waals surface area contributed by atoms with E-state index >= 15 is 0 Å². The zero-order valence-corrected chi connectivity index (χ0v) is 23.5. The fourth-order valence-corrected chi connectivity index (χ4v) is 4.52. The van der Waals surface area contributed by atoms with E-state index in [0.717, 1.165) is 4.90 Å². The SMILES string of the molecule is CCCC(C)NS(=O)(=O)OC(=O)N(CCC)c1c(OCCOC)cccc1Oc1ncc(C(F)(F)F)cc1Cl. The molecule has 39 heavy (non-hydrogen) atoms. The van der Waals surface area contributed by atoms with Crippen molar-refractivity contribution in [2.24, 2.45) is 0 Å². The number of hydrogen-bond acceptors (Lipinski definition) is 8. The van der Waals surface area contributed by atoms with Crippen LogP contribution in [0.1, 0.15) is 45.6 Å². The van der Waals surface area contributed by atoms with Crippen LogP contribution >= 0.6 is 11.6 Å². The van der Waals surface area contributed by atoms with Gasteiger partial charge in [0.15, 0.2) is 5.75 Å². The predicted molar refractivity (Wildman–Crippen MR) is 139 cm³/mol. The summed E-state index contributed by atoms with van der Waals surface area (Å²) in [7, 11) is -3.03. The fourth-order valence-electron chi connectivity index (χ4n) is 3.38. The van der Waals surface area contributed by atoms with Gasteiger partial charge in [0.25, 0.3) is 0 Å². The molecule has 0 aliphatic heterocycles. The van der Waals surface area contributed by atoms with Crippen molar-refractivity contribution in [3.05, 3.63) is 41.0 Å². The summed E-state index contributed by atoms with van der Waals surface area (Å²) >= 11 is 6.02. The second kappa shape index (κ2) is 14.5. The molecule has 10 nitrogen and oxygen atoms in total. The minimum Gasteiger partial charge on any atom is -0.489 e. The van der Waals surface area contributed by atoms with Crippen molar-refractivity contribution in [2.45, 2.75) is 52.3 Å². The number of ether oxygens (including phenoxy) is 3. The van der Waals surface area contributed by atoms with E-state index in [1.165, 1.54) is 25.3 Å². The number of methoxy groups -OCH3 is 1. The van der Waals surface area contributed by atoms with Gasteiger partial charge in [0, 0.05) is 25.9 Å². The van der Waals surface area contributed by atoms with Gasteiger partial charge in [0.1, 0.15) is 23.1 Å². The molecule has 1 aromatic heterocycles. The van der Waals surface area contributed by atoms with E-state index in [4.69, 9.17) is 30.0 Å². The number of benzene rings is 1. The summed E-state index contributed by atoms with van der Waals surface area (Å²) in [6.07, 6.45) is -3.80. The molecular weight excluding hydrogens is 567 g/mol. The number of nitrogens with zero attached hydrogens (tertiary/aromatic N) is 2. The van der Waals surface area contributed by atoms with E-state index in [-0.39, 0.29) is 42.8 Å². The fraction of sp³-hybridized carbons (Fsp3) is 0.500. The quantitative estimate of drug-likeness (QED) is 0.266. The number of pyridine rings is 1. The first-order valence-corrected chi connectivity index (χ1v) is 13.8. The van der Waals surface area contributed by atoms with Gasteiger partial charge < -0.3 is 18.4 Å². The van der Waals surface area contributed by atoms with Gasteiger partial charge in [-0.2, -0.15) is 26.3 Å². The lowest BCUT2D eigenvalue weighted by Crippen LogP contribution is -2.40. The van der Waals surface area contributed by atoms with Gasteiger partial charge in [-0.1, -0.05) is 37.9 Å². The van der Waals surface area contributed by atoms with E-state index in [1.54, 1.807) is 13.8 Å². The molecule has 1 aromatic carbocycles. The molecule has 1 atom stereocenters. The second-order valence-corrected chi connectivity index (χ2v) is 10.0. The zero-order valence-electron chi connectivity index (χ0n) is 21.9. The van der Waals surface area contributed by atoms with E-state index in [0.29, 0.717) is 31.5 Å². The molecule has 0 aliphatic carbocycles. The minimum atomic E-state index is -4.68. The third-order valence-electron chi connectivity index (χ3n) is 5.03. The smallest absolute Gasteiger partial charge is 0.431 e. The van der Waals surface area contributed by atoms with Crippen LogP contribution in [-0.2, 0) is 25.4 Å². The average Bonchev–Trinajstić information content (AvgIpc) is 2.83. The number of carbonyl (C=O) groups is 1. The van der Waals surface area contributed by atoms with Gasteiger partial charge in [0.2, 0.25) is 5.88 Å². The average molecular weight is 598 g/mol. The van der Waals surface area contributed by atoms with Crippen molar-refractivity contribution in [1.29, 1.82) is 0 Å². The Morgan fingerprint density at radius 3 is 2.46 bits per heavy atom. The Labute approximate surface area is 230 Å². The molecule has 218 valence electrons. The molecule has 1 unspecified atom stereocenters. The van der Waals surface area contributed by atoms with Crippen LogP contribution in [0.3, 0.4) is 0 Å². The minimum absolute atomic E-state index is 0.0337. The zero-order chi connectivity index (χ0) is 29.2. The highest BCUT2D eigenvalue weighted by molar-refractivity contribution is 7.85. The summed E-state index contributed by atoms with van der Waals surface area (Å²) < 4.78 is 87.7. The number of alkyl halides is 3.